The van der Waals surface area contributed by atoms with Gasteiger partial charge in [-0.2, -0.15) is 0 Å². The van der Waals surface area contributed by atoms with Crippen LogP contribution in [0.5, 0.6) is 0 Å². The van der Waals surface area contributed by atoms with E-state index in [1.807, 2.05) is 24.3 Å². The summed E-state index contributed by atoms with van der Waals surface area (Å²) in [6.07, 6.45) is 0.752. The van der Waals surface area contributed by atoms with Gasteiger partial charge in [-0.15, -0.1) is 0 Å². The van der Waals surface area contributed by atoms with Crippen molar-refractivity contribution in [3.05, 3.63) is 62.2 Å². The Bertz CT molecular complexity index is 635. The molecular weight excluding hydrogens is 308 g/mol. The highest BCUT2D eigenvalue weighted by atomic mass is 79.9. The van der Waals surface area contributed by atoms with Crippen molar-refractivity contribution in [3.8, 4) is 0 Å². The largest absolute Gasteiger partial charge is 0.387 e. The van der Waals surface area contributed by atoms with E-state index in [-0.39, 0.29) is 12.1 Å². The molecule has 0 fully saturated rings. The molecule has 2 aromatic rings. The highest BCUT2D eigenvalue weighted by molar-refractivity contribution is 9.10. The van der Waals surface area contributed by atoms with Gasteiger partial charge in [-0.3, -0.25) is 9.36 Å². The highest BCUT2D eigenvalue weighted by Gasteiger charge is 2.11. The van der Waals surface area contributed by atoms with Gasteiger partial charge in [-0.1, -0.05) is 28.1 Å². The van der Waals surface area contributed by atoms with Gasteiger partial charge in [-0.05, 0) is 31.5 Å². The van der Waals surface area contributed by atoms with E-state index in [1.54, 1.807) is 13.8 Å². The molecule has 0 amide bonds. The van der Waals surface area contributed by atoms with Crippen LogP contribution in [0.3, 0.4) is 0 Å². The third-order valence-corrected chi connectivity index (χ3v) is 3.67. The first kappa shape index (κ1) is 14.0. The van der Waals surface area contributed by atoms with Crippen molar-refractivity contribution in [2.45, 2.75) is 26.5 Å². The molecule has 0 spiro atoms. The van der Waals surface area contributed by atoms with Gasteiger partial charge >= 0.3 is 0 Å². The maximum absolute atomic E-state index is 12.0. The summed E-state index contributed by atoms with van der Waals surface area (Å²) in [6.45, 7) is 3.74. The number of nitrogens with zero attached hydrogens (tertiary/aromatic N) is 2. The molecule has 0 aliphatic heterocycles. The topological polar surface area (TPSA) is 55.1 Å². The van der Waals surface area contributed by atoms with Gasteiger partial charge in [0.2, 0.25) is 0 Å². The summed E-state index contributed by atoms with van der Waals surface area (Å²) >= 11 is 3.34. The number of rotatable bonds is 3. The summed E-state index contributed by atoms with van der Waals surface area (Å²) in [7, 11) is 0. The molecule has 0 unspecified atom stereocenters. The fourth-order valence-corrected chi connectivity index (χ4v) is 2.05. The number of hydrogen-bond acceptors (Lipinski definition) is 3. The van der Waals surface area contributed by atoms with Crippen LogP contribution in [0.4, 0.5) is 0 Å². The summed E-state index contributed by atoms with van der Waals surface area (Å²) in [6, 6.07) is 7.38. The van der Waals surface area contributed by atoms with E-state index in [1.165, 1.54) is 10.9 Å². The molecular formula is C14H15BrN2O2. The van der Waals surface area contributed by atoms with Gasteiger partial charge in [-0.25, -0.2) is 4.98 Å². The lowest BCUT2D eigenvalue weighted by Gasteiger charge is -2.13. The molecule has 1 aromatic carbocycles. The Morgan fingerprint density at radius 2 is 1.95 bits per heavy atom. The fraction of sp³-hybridized carbons (Fsp3) is 0.286. The van der Waals surface area contributed by atoms with Gasteiger partial charge in [0.05, 0.1) is 19.0 Å². The summed E-state index contributed by atoms with van der Waals surface area (Å²) in [5.41, 5.74) is 2.00. The second kappa shape index (κ2) is 5.67. The van der Waals surface area contributed by atoms with Crippen LogP contribution in [0.25, 0.3) is 0 Å². The predicted octanol–water partition coefficient (Wildman–Crippen LogP) is 2.36. The minimum atomic E-state index is -0.727. The molecule has 0 saturated heterocycles. The van der Waals surface area contributed by atoms with E-state index in [4.69, 9.17) is 0 Å². The van der Waals surface area contributed by atoms with Gasteiger partial charge in [0.1, 0.15) is 0 Å². The Labute approximate surface area is 119 Å². The molecule has 1 aromatic heterocycles. The monoisotopic (exact) mass is 322 g/mol. The van der Waals surface area contributed by atoms with Crippen molar-refractivity contribution in [2.75, 3.05) is 0 Å². The first-order valence-electron chi connectivity index (χ1n) is 5.95. The lowest BCUT2D eigenvalue weighted by molar-refractivity contribution is 0.154. The second-order valence-electron chi connectivity index (χ2n) is 4.48. The molecule has 1 heterocycles. The van der Waals surface area contributed by atoms with Crippen LogP contribution in [-0.2, 0) is 6.54 Å². The molecule has 100 valence electrons. The molecule has 2 rings (SSSR count). The SMILES string of the molecule is Cc1ncn(C[C@H](O)c2ccc(Br)cc2)c(=O)c1C. The third kappa shape index (κ3) is 3.11. The van der Waals surface area contributed by atoms with Crippen molar-refractivity contribution in [1.29, 1.82) is 0 Å². The Morgan fingerprint density at radius 1 is 1.32 bits per heavy atom. The predicted molar refractivity (Wildman–Crippen MR) is 77.1 cm³/mol. The van der Waals surface area contributed by atoms with Crippen molar-refractivity contribution in [3.63, 3.8) is 0 Å². The van der Waals surface area contributed by atoms with Gasteiger partial charge in [0.25, 0.3) is 5.56 Å². The van der Waals surface area contributed by atoms with E-state index in [0.717, 1.165) is 15.7 Å². The third-order valence-electron chi connectivity index (χ3n) is 3.14. The number of halogens is 1. The Balaban J connectivity index is 2.24. The molecule has 19 heavy (non-hydrogen) atoms. The lowest BCUT2D eigenvalue weighted by atomic mass is 10.1. The molecule has 1 N–H and O–H groups in total. The molecule has 4 nitrogen and oxygen atoms in total. The smallest absolute Gasteiger partial charge is 0.256 e. The zero-order valence-electron chi connectivity index (χ0n) is 10.8. The number of hydrogen-bond donors (Lipinski definition) is 1. The van der Waals surface area contributed by atoms with Gasteiger partial charge in [0.15, 0.2) is 0 Å². The fourth-order valence-electron chi connectivity index (χ4n) is 1.78. The normalized spacial score (nSPS) is 12.4. The van der Waals surface area contributed by atoms with Crippen molar-refractivity contribution in [1.82, 2.24) is 9.55 Å². The number of aliphatic hydroxyl groups is 1. The molecule has 0 radical (unpaired) electrons. The standard InChI is InChI=1S/C14H15BrN2O2/c1-9-10(2)16-8-17(14(9)19)7-13(18)11-3-5-12(15)6-4-11/h3-6,8,13,18H,7H2,1-2H3/t13-/m0/s1. The van der Waals surface area contributed by atoms with Gasteiger partial charge in [0, 0.05) is 15.7 Å². The van der Waals surface area contributed by atoms with E-state index >= 15 is 0 Å². The first-order chi connectivity index (χ1) is 8.99. The molecule has 0 aliphatic rings. The van der Waals surface area contributed by atoms with Crippen LogP contribution in [0.2, 0.25) is 0 Å². The maximum atomic E-state index is 12.0. The van der Waals surface area contributed by atoms with Gasteiger partial charge < -0.3 is 5.11 Å². The van der Waals surface area contributed by atoms with Crippen LogP contribution in [0, 0.1) is 13.8 Å². The second-order valence-corrected chi connectivity index (χ2v) is 5.40. The number of aryl methyl sites for hydroxylation is 1. The molecule has 1 atom stereocenters. The van der Waals surface area contributed by atoms with E-state index in [2.05, 4.69) is 20.9 Å². The van der Waals surface area contributed by atoms with Crippen LogP contribution in [-0.4, -0.2) is 14.7 Å². The van der Waals surface area contributed by atoms with Crippen LogP contribution in [0.1, 0.15) is 22.9 Å². The summed E-state index contributed by atoms with van der Waals surface area (Å²) < 4.78 is 2.39. The molecule has 0 aliphatic carbocycles. The number of aliphatic hydroxyl groups excluding tert-OH is 1. The number of benzene rings is 1. The van der Waals surface area contributed by atoms with E-state index < -0.39 is 6.10 Å². The summed E-state index contributed by atoms with van der Waals surface area (Å²) in [5.74, 6) is 0. The van der Waals surface area contributed by atoms with Crippen LogP contribution < -0.4 is 5.56 Å². The van der Waals surface area contributed by atoms with Crippen molar-refractivity contribution in [2.24, 2.45) is 0 Å². The quantitative estimate of drug-likeness (QED) is 0.943. The number of aromatic nitrogens is 2. The minimum Gasteiger partial charge on any atom is -0.387 e. The maximum Gasteiger partial charge on any atom is 0.256 e. The zero-order valence-corrected chi connectivity index (χ0v) is 12.4. The van der Waals surface area contributed by atoms with Crippen molar-refractivity contribution >= 4 is 15.9 Å². The average Bonchev–Trinajstić information content (AvgIpc) is 2.40. The zero-order chi connectivity index (χ0) is 14.0. The Kier molecular flexibility index (Phi) is 4.17. The first-order valence-corrected chi connectivity index (χ1v) is 6.74. The Morgan fingerprint density at radius 3 is 2.58 bits per heavy atom. The van der Waals surface area contributed by atoms with Crippen LogP contribution >= 0.6 is 15.9 Å². The highest BCUT2D eigenvalue weighted by Crippen LogP contribution is 2.17. The average molecular weight is 323 g/mol. The molecule has 0 bridgehead atoms. The summed E-state index contributed by atoms with van der Waals surface area (Å²) in [4.78, 5) is 16.2. The molecule has 5 heteroatoms. The van der Waals surface area contributed by atoms with Crippen LogP contribution in [0.15, 0.2) is 39.9 Å². The van der Waals surface area contributed by atoms with Crippen molar-refractivity contribution < 1.29 is 5.11 Å². The Hall–Kier alpha value is -1.46. The van der Waals surface area contributed by atoms with E-state index in [0.29, 0.717) is 5.56 Å². The minimum absolute atomic E-state index is 0.108. The summed E-state index contributed by atoms with van der Waals surface area (Å²) in [5, 5.41) is 10.1. The molecule has 0 saturated carbocycles. The lowest BCUT2D eigenvalue weighted by Crippen LogP contribution is -2.26. The van der Waals surface area contributed by atoms with E-state index in [9.17, 15) is 9.90 Å².